The van der Waals surface area contributed by atoms with Crippen LogP contribution in [0.5, 0.6) is 0 Å². The number of hydrogen-bond acceptors (Lipinski definition) is 1. The van der Waals surface area contributed by atoms with E-state index < -0.39 is 0 Å². The van der Waals surface area contributed by atoms with Crippen molar-refractivity contribution in [3.05, 3.63) is 42.0 Å². The van der Waals surface area contributed by atoms with Gasteiger partial charge in [0.2, 0.25) is 0 Å². The summed E-state index contributed by atoms with van der Waals surface area (Å²) in [4.78, 5) is 0. The molecule has 0 aliphatic carbocycles. The molecule has 0 amide bonds. The summed E-state index contributed by atoms with van der Waals surface area (Å²) in [5.74, 6) is 0. The molecule has 0 aliphatic rings. The Morgan fingerprint density at radius 3 is 2.79 bits per heavy atom. The minimum atomic E-state index is 0.168. The summed E-state index contributed by atoms with van der Waals surface area (Å²) in [6, 6.07) is 8.15. The maximum absolute atomic E-state index is 7.08. The Bertz CT molecular complexity index is 292. The van der Waals surface area contributed by atoms with Crippen molar-refractivity contribution < 1.29 is 6.11 Å². The summed E-state index contributed by atoms with van der Waals surface area (Å²) in [6.45, 7) is 6.76. The van der Waals surface area contributed by atoms with Gasteiger partial charge in [-0.2, -0.15) is 0 Å². The van der Waals surface area contributed by atoms with Crippen LogP contribution in [0.3, 0.4) is 0 Å². The Kier molecular flexibility index (Phi) is 3.80. The first-order valence-corrected chi connectivity index (χ1v) is 4.88. The molecule has 1 rings (SSSR count). The second-order valence-electron chi connectivity index (χ2n) is 3.36. The fourth-order valence-corrected chi connectivity index (χ4v) is 1.07. The van der Waals surface area contributed by atoms with Crippen molar-refractivity contribution in [3.8, 4) is 0 Å². The lowest BCUT2D eigenvalue weighted by molar-refractivity contribution is 0.0508. The van der Waals surface area contributed by atoms with Gasteiger partial charge in [0.1, 0.15) is 0 Å². The maximum Gasteiger partial charge on any atom is 0.0720 e. The highest BCUT2D eigenvalue weighted by molar-refractivity contribution is 5.47. The Labute approximate surface area is 87.8 Å². The molecule has 0 fully saturated rings. The van der Waals surface area contributed by atoms with Gasteiger partial charge in [-0.25, -0.2) is 0 Å². The minimum absolute atomic E-state index is 0.168. The minimum Gasteiger partial charge on any atom is -0.374 e. The fourth-order valence-electron chi connectivity index (χ4n) is 1.07. The van der Waals surface area contributed by atoms with Gasteiger partial charge in [-0.3, -0.25) is 0 Å². The predicted octanol–water partition coefficient (Wildman–Crippen LogP) is 3.64. The molecule has 0 saturated heterocycles. The Balaban J connectivity index is 2.40. The van der Waals surface area contributed by atoms with E-state index in [1.165, 1.54) is 0 Å². The van der Waals surface area contributed by atoms with E-state index in [0.29, 0.717) is 13.5 Å². The number of hydrogen-bond donors (Lipinski definition) is 0. The molecule has 1 unspecified atom stereocenters. The largest absolute Gasteiger partial charge is 0.374 e. The lowest BCUT2D eigenvalue weighted by Gasteiger charge is -2.10. The van der Waals surface area contributed by atoms with E-state index in [0.717, 1.165) is 17.5 Å². The van der Waals surface area contributed by atoms with E-state index in [2.05, 4.69) is 6.58 Å². The molecular weight excluding hydrogens is 172 g/mol. The predicted molar refractivity (Wildman–Crippen MR) is 61.1 cm³/mol. The normalized spacial score (nSPS) is 13.4. The molecule has 14 heavy (non-hydrogen) atoms. The quantitative estimate of drug-likeness (QED) is 0.692. The highest BCUT2D eigenvalue weighted by Gasteiger charge is 1.98. The van der Waals surface area contributed by atoms with E-state index in [9.17, 15) is 0 Å². The average molecular weight is 192 g/mol. The first-order chi connectivity index (χ1) is 7.26. The summed E-state index contributed by atoms with van der Waals surface area (Å²) in [6.07, 6.45) is 2.79. The highest BCUT2D eigenvalue weighted by Crippen LogP contribution is 2.08. The summed E-state index contributed by atoms with van der Waals surface area (Å²) < 4.78 is 12.7. The molecule has 0 bridgehead atoms. The van der Waals surface area contributed by atoms with Gasteiger partial charge in [-0.15, -0.1) is 0 Å². The van der Waals surface area contributed by atoms with Crippen LogP contribution >= 0.6 is 0 Å². The lowest BCUT2D eigenvalue weighted by Crippen LogP contribution is -2.05. The third-order valence-corrected chi connectivity index (χ3v) is 2.16. The van der Waals surface area contributed by atoms with Crippen molar-refractivity contribution in [1.29, 1.82) is 0 Å². The fraction of sp³-hybridized carbons (Fsp3) is 0.385. The smallest absolute Gasteiger partial charge is 0.0720 e. The zero-order valence-electron chi connectivity index (χ0n) is 9.70. The monoisotopic (exact) mass is 192 g/mol. The zero-order chi connectivity index (χ0) is 11.1. The van der Waals surface area contributed by atoms with Crippen molar-refractivity contribution >= 4 is 6.08 Å². The second-order valence-corrected chi connectivity index (χ2v) is 3.36. The molecular formula is C13H18O. The molecule has 0 heterocycles. The molecule has 0 aliphatic heterocycles. The average Bonchev–Trinajstić information content (AvgIpc) is 2.27. The highest BCUT2D eigenvalue weighted by atomic mass is 16.5. The third kappa shape index (κ3) is 3.35. The van der Waals surface area contributed by atoms with Crippen LogP contribution in [0.1, 0.15) is 32.7 Å². The first kappa shape index (κ1) is 9.47. The molecule has 1 nitrogen and oxygen atoms in total. The van der Waals surface area contributed by atoms with Gasteiger partial charge in [-0.05, 0) is 24.5 Å². The van der Waals surface area contributed by atoms with Crippen molar-refractivity contribution in [3.63, 3.8) is 0 Å². The van der Waals surface area contributed by atoms with Crippen LogP contribution in [0.15, 0.2) is 30.8 Å². The molecule has 0 radical (unpaired) electrons. The van der Waals surface area contributed by atoms with Gasteiger partial charge in [0.15, 0.2) is 0 Å². The molecule has 1 heteroatoms. The van der Waals surface area contributed by atoms with E-state index in [1.54, 1.807) is 0 Å². The van der Waals surface area contributed by atoms with Gasteiger partial charge in [0, 0.05) is 1.37 Å². The van der Waals surface area contributed by atoms with E-state index in [4.69, 9.17) is 6.11 Å². The van der Waals surface area contributed by atoms with Gasteiger partial charge < -0.3 is 4.74 Å². The molecule has 76 valence electrons. The molecule has 1 aromatic rings. The third-order valence-electron chi connectivity index (χ3n) is 2.16. The summed E-state index contributed by atoms with van der Waals surface area (Å²) in [5, 5.41) is 0. The van der Waals surface area contributed by atoms with E-state index in [-0.39, 0.29) is 6.10 Å². The zero-order valence-corrected chi connectivity index (χ0v) is 8.70. The molecule has 1 aromatic carbocycles. The number of ether oxygens (including phenoxy) is 1. The summed E-state index contributed by atoms with van der Waals surface area (Å²) in [5.41, 5.74) is 2.29. The van der Waals surface area contributed by atoms with Crippen molar-refractivity contribution in [2.24, 2.45) is 0 Å². The summed E-state index contributed by atoms with van der Waals surface area (Å²) in [7, 11) is 0. The van der Waals surface area contributed by atoms with Crippen LogP contribution in [0, 0.1) is 0 Å². The standard InChI is InChI=1S/C13H18O/c1-4-11(3)14-10-13-8-6-12(5-2)7-9-13/h5-9,11H,2,4,10H2,1,3H3/i1T. The topological polar surface area (TPSA) is 9.23 Å². The Morgan fingerprint density at radius 2 is 2.21 bits per heavy atom. The van der Waals surface area contributed by atoms with Crippen molar-refractivity contribution in [2.45, 2.75) is 33.0 Å². The molecule has 0 N–H and O–H groups in total. The second kappa shape index (κ2) is 5.61. The van der Waals surface area contributed by atoms with Gasteiger partial charge >= 0.3 is 0 Å². The van der Waals surface area contributed by atoms with Crippen molar-refractivity contribution in [1.82, 2.24) is 0 Å². The molecule has 0 saturated carbocycles. The van der Waals surface area contributed by atoms with Crippen LogP contribution < -0.4 is 0 Å². The van der Waals surface area contributed by atoms with E-state index in [1.807, 2.05) is 37.3 Å². The van der Waals surface area contributed by atoms with Crippen LogP contribution in [0.25, 0.3) is 6.08 Å². The maximum atomic E-state index is 7.08. The van der Waals surface area contributed by atoms with Crippen LogP contribution in [-0.2, 0) is 11.3 Å². The van der Waals surface area contributed by atoms with Crippen LogP contribution in [-0.4, -0.2) is 6.10 Å². The lowest BCUT2D eigenvalue weighted by atomic mass is 10.1. The van der Waals surface area contributed by atoms with Gasteiger partial charge in [-0.1, -0.05) is 43.8 Å². The Hall–Kier alpha value is -1.08. The molecule has 1 atom stereocenters. The van der Waals surface area contributed by atoms with Gasteiger partial charge in [0.05, 0.1) is 12.7 Å². The molecule has 0 spiro atoms. The van der Waals surface area contributed by atoms with Crippen LogP contribution in [0.4, 0.5) is 0 Å². The van der Waals surface area contributed by atoms with Gasteiger partial charge in [0.25, 0.3) is 0 Å². The number of rotatable bonds is 5. The molecule has 0 aromatic heterocycles. The summed E-state index contributed by atoms with van der Waals surface area (Å²) >= 11 is 0. The Morgan fingerprint density at radius 1 is 1.50 bits per heavy atom. The SMILES string of the molecule is [3H]CCC(C)OCc1ccc(C=C)cc1. The van der Waals surface area contributed by atoms with E-state index >= 15 is 0 Å². The van der Waals surface area contributed by atoms with Crippen molar-refractivity contribution in [2.75, 3.05) is 0 Å². The number of benzene rings is 1. The van der Waals surface area contributed by atoms with Crippen LogP contribution in [0.2, 0.25) is 0 Å². The first-order valence-electron chi connectivity index (χ1n) is 5.59.